The molecule has 2 nitrogen and oxygen atoms in total. The second kappa shape index (κ2) is 5.24. The molecule has 4 saturated carbocycles. The molecule has 4 aliphatic carbocycles. The highest BCUT2D eigenvalue weighted by Crippen LogP contribution is 2.84. The van der Waals surface area contributed by atoms with Gasteiger partial charge in [-0.3, -0.25) is 0 Å². The van der Waals surface area contributed by atoms with Crippen molar-refractivity contribution in [2.45, 2.75) is 90.8 Å². The van der Waals surface area contributed by atoms with Crippen molar-refractivity contribution in [3.63, 3.8) is 0 Å². The molecule has 5 fully saturated rings. The molecular formula is C26H37O2P. The summed E-state index contributed by atoms with van der Waals surface area (Å²) >= 11 is 0. The van der Waals surface area contributed by atoms with Crippen molar-refractivity contribution in [2.75, 3.05) is 0 Å². The lowest BCUT2D eigenvalue weighted by atomic mass is 9.68. The summed E-state index contributed by atoms with van der Waals surface area (Å²) in [5, 5.41) is 1.15. The van der Waals surface area contributed by atoms with Gasteiger partial charge in [-0.15, -0.1) is 0 Å². The molecule has 0 amide bonds. The summed E-state index contributed by atoms with van der Waals surface area (Å²) in [5.41, 5.74) is 1.08. The Hall–Kier alpha value is -0.590. The molecule has 9 atom stereocenters. The van der Waals surface area contributed by atoms with Gasteiger partial charge in [0.15, 0.2) is 0 Å². The van der Waals surface area contributed by atoms with E-state index in [9.17, 15) is 0 Å². The maximum absolute atomic E-state index is 15.6. The van der Waals surface area contributed by atoms with Gasteiger partial charge >= 0.3 is 0 Å². The third kappa shape index (κ3) is 1.79. The van der Waals surface area contributed by atoms with Crippen LogP contribution in [0.15, 0.2) is 30.3 Å². The Morgan fingerprint density at radius 3 is 1.69 bits per heavy atom. The zero-order valence-corrected chi connectivity index (χ0v) is 19.8. The van der Waals surface area contributed by atoms with E-state index < -0.39 is 7.14 Å². The fourth-order valence-corrected chi connectivity index (χ4v) is 14.7. The predicted molar refractivity (Wildman–Crippen MR) is 119 cm³/mol. The van der Waals surface area contributed by atoms with E-state index >= 15 is 4.57 Å². The molecule has 0 aromatic heterocycles. The minimum absolute atomic E-state index is 0.139. The lowest BCUT2D eigenvalue weighted by Crippen LogP contribution is -2.57. The van der Waals surface area contributed by atoms with Gasteiger partial charge in [0.1, 0.15) is 7.14 Å². The molecule has 1 aromatic carbocycles. The number of benzene rings is 1. The van der Waals surface area contributed by atoms with E-state index in [1.807, 2.05) is 0 Å². The summed E-state index contributed by atoms with van der Waals surface area (Å²) < 4.78 is 22.8. The van der Waals surface area contributed by atoms with Gasteiger partial charge in [0, 0.05) is 16.6 Å². The molecule has 1 unspecified atom stereocenters. The Morgan fingerprint density at radius 1 is 0.793 bits per heavy atom. The van der Waals surface area contributed by atoms with Crippen LogP contribution in [0.25, 0.3) is 0 Å². The maximum Gasteiger partial charge on any atom is 0.127 e. The fourth-order valence-electron chi connectivity index (χ4n) is 9.27. The van der Waals surface area contributed by atoms with Crippen molar-refractivity contribution in [3.05, 3.63) is 30.3 Å². The minimum atomic E-state index is -2.63. The molecule has 5 aliphatic rings. The van der Waals surface area contributed by atoms with Crippen molar-refractivity contribution < 1.29 is 9.30 Å². The third-order valence-corrected chi connectivity index (χ3v) is 15.9. The van der Waals surface area contributed by atoms with Crippen LogP contribution in [0.3, 0.4) is 0 Å². The summed E-state index contributed by atoms with van der Waals surface area (Å²) in [6.45, 7) is 14.7. The largest absolute Gasteiger partial charge is 0.372 e. The lowest BCUT2D eigenvalue weighted by Gasteiger charge is -2.54. The average molecular weight is 413 g/mol. The van der Waals surface area contributed by atoms with Crippen LogP contribution < -0.4 is 5.30 Å². The first kappa shape index (κ1) is 19.1. The van der Waals surface area contributed by atoms with Gasteiger partial charge < -0.3 is 9.30 Å². The molecule has 3 heteroatoms. The van der Waals surface area contributed by atoms with E-state index in [0.717, 1.165) is 5.30 Å². The van der Waals surface area contributed by atoms with Gasteiger partial charge in [-0.2, -0.15) is 0 Å². The van der Waals surface area contributed by atoms with Crippen LogP contribution in [-0.4, -0.2) is 23.5 Å². The molecule has 6 rings (SSSR count). The van der Waals surface area contributed by atoms with Crippen LogP contribution in [0.4, 0.5) is 0 Å². The van der Waals surface area contributed by atoms with E-state index in [1.54, 1.807) is 0 Å². The highest BCUT2D eigenvalue weighted by Gasteiger charge is 2.80. The van der Waals surface area contributed by atoms with Crippen molar-refractivity contribution >= 4 is 12.4 Å². The average Bonchev–Trinajstić information content (AvgIpc) is 3.19. The summed E-state index contributed by atoms with van der Waals surface area (Å²) in [5.74, 6) is 1.03. The summed E-state index contributed by atoms with van der Waals surface area (Å²) in [6, 6.07) is 10.7. The van der Waals surface area contributed by atoms with Crippen LogP contribution in [0.1, 0.15) is 67.2 Å². The maximum atomic E-state index is 15.6. The number of hydrogen-bond donors (Lipinski definition) is 0. The molecule has 0 N–H and O–H groups in total. The second-order valence-corrected chi connectivity index (χ2v) is 15.7. The second-order valence-electron chi connectivity index (χ2n) is 12.6. The molecule has 29 heavy (non-hydrogen) atoms. The molecule has 1 aromatic rings. The number of fused-ring (bicyclic) bond motifs is 10. The Bertz CT molecular complexity index is 868. The highest BCUT2D eigenvalue weighted by atomic mass is 31.2. The van der Waals surface area contributed by atoms with Gasteiger partial charge in [0.2, 0.25) is 0 Å². The van der Waals surface area contributed by atoms with E-state index in [-0.39, 0.29) is 45.2 Å². The molecule has 158 valence electrons. The monoisotopic (exact) mass is 412 g/mol. The molecule has 1 aliphatic heterocycles. The summed E-state index contributed by atoms with van der Waals surface area (Å²) in [4.78, 5) is 0. The van der Waals surface area contributed by atoms with Gasteiger partial charge in [0.05, 0.1) is 12.2 Å². The number of ether oxygens (including phenoxy) is 1. The van der Waals surface area contributed by atoms with Gasteiger partial charge in [-0.25, -0.2) is 0 Å². The van der Waals surface area contributed by atoms with E-state index in [1.165, 1.54) is 25.7 Å². The number of hydrogen-bond acceptors (Lipinski definition) is 2. The first-order chi connectivity index (χ1) is 13.5. The predicted octanol–water partition coefficient (Wildman–Crippen LogP) is 6.09. The Kier molecular flexibility index (Phi) is 3.45. The first-order valence-electron chi connectivity index (χ1n) is 11.8. The topological polar surface area (TPSA) is 26.3 Å². The zero-order chi connectivity index (χ0) is 20.6. The van der Waals surface area contributed by atoms with Crippen LogP contribution in [0, 0.1) is 33.5 Å². The third-order valence-electron chi connectivity index (χ3n) is 11.8. The van der Waals surface area contributed by atoms with Crippen LogP contribution in [0.5, 0.6) is 0 Å². The Morgan fingerprint density at radius 2 is 1.24 bits per heavy atom. The minimum Gasteiger partial charge on any atom is -0.372 e. The van der Waals surface area contributed by atoms with Gasteiger partial charge in [-0.05, 0) is 59.2 Å². The molecule has 0 radical (unpaired) electrons. The SMILES string of the molecule is CC1(C)[C@@H]2CC[C@@]1(C)[C@@H]1O[C@H]3[C@H]([C@H]4CC[C@]3(C)C4(C)C)P(=O)(c3ccccc3)[C@H]21. The fraction of sp³-hybridized carbons (Fsp3) is 0.769. The van der Waals surface area contributed by atoms with Gasteiger partial charge in [0.25, 0.3) is 0 Å². The summed E-state index contributed by atoms with van der Waals surface area (Å²) in [7, 11) is -2.63. The molecular weight excluding hydrogens is 375 g/mol. The van der Waals surface area contributed by atoms with Crippen molar-refractivity contribution in [3.8, 4) is 0 Å². The lowest BCUT2D eigenvalue weighted by molar-refractivity contribution is -0.136. The van der Waals surface area contributed by atoms with E-state index in [0.29, 0.717) is 11.8 Å². The quantitative estimate of drug-likeness (QED) is 0.522. The van der Waals surface area contributed by atoms with Gasteiger partial charge in [-0.1, -0.05) is 71.9 Å². The Balaban J connectivity index is 1.61. The van der Waals surface area contributed by atoms with Crippen molar-refractivity contribution in [1.82, 2.24) is 0 Å². The normalized spacial score (nSPS) is 55.7. The first-order valence-corrected chi connectivity index (χ1v) is 13.7. The summed E-state index contributed by atoms with van der Waals surface area (Å²) in [6.07, 6.45) is 5.18. The van der Waals surface area contributed by atoms with Crippen LogP contribution in [0.2, 0.25) is 0 Å². The zero-order valence-electron chi connectivity index (χ0n) is 18.9. The Labute approximate surface area is 176 Å². The van der Waals surface area contributed by atoms with Crippen molar-refractivity contribution in [1.29, 1.82) is 0 Å². The smallest absolute Gasteiger partial charge is 0.127 e. The molecule has 0 spiro atoms. The number of rotatable bonds is 1. The van der Waals surface area contributed by atoms with Crippen molar-refractivity contribution in [2.24, 2.45) is 33.5 Å². The van der Waals surface area contributed by atoms with E-state index in [4.69, 9.17) is 4.74 Å². The highest BCUT2D eigenvalue weighted by molar-refractivity contribution is 7.73. The molecule has 4 bridgehead atoms. The van der Waals surface area contributed by atoms with E-state index in [2.05, 4.69) is 71.9 Å². The standard InChI is InChI=1S/C26H37O2P/c1-23(2)17-12-14-25(23,5)21-19(17)29(27,16-10-8-7-9-11-16)20-18-13-15-26(6,22(20)28-21)24(18,3)4/h7-11,17-22H,12-15H2,1-6H3/t17-,18-,19-,20+,21-,22+,25+,26+,29?/m1/s1. The van der Waals surface area contributed by atoms with Crippen LogP contribution in [-0.2, 0) is 9.30 Å². The molecule has 1 heterocycles. The molecule has 1 saturated heterocycles. The van der Waals surface area contributed by atoms with Crippen LogP contribution >= 0.6 is 7.14 Å².